The number of carbonyl (C=O) groups is 2. The van der Waals surface area contributed by atoms with Crippen molar-refractivity contribution in [3.8, 4) is 0 Å². The molecule has 0 saturated heterocycles. The molecular weight excluding hydrogens is 510 g/mol. The zero-order valence-electron chi connectivity index (χ0n) is 22.8. The van der Waals surface area contributed by atoms with Gasteiger partial charge in [-0.15, -0.1) is 0 Å². The van der Waals surface area contributed by atoms with E-state index in [1.807, 2.05) is 65.0 Å². The van der Waals surface area contributed by atoms with Crippen LogP contribution in [-0.4, -0.2) is 50.0 Å². The second-order valence-electron chi connectivity index (χ2n) is 9.56. The highest BCUT2D eigenvalue weighted by Crippen LogP contribution is 2.23. The molecule has 0 unspecified atom stereocenters. The fraction of sp³-hybridized carbons (Fsp3) is 0.500. The molecule has 2 amide bonds. The maximum Gasteiger partial charge on any atom is 0.243 e. The molecule has 0 heterocycles. The summed E-state index contributed by atoms with van der Waals surface area (Å²) in [6.45, 7) is 10.0. The predicted molar refractivity (Wildman–Crippen MR) is 151 cm³/mol. The highest BCUT2D eigenvalue weighted by molar-refractivity contribution is 7.92. The molecule has 37 heavy (non-hydrogen) atoms. The average molecular weight is 550 g/mol. The van der Waals surface area contributed by atoms with Crippen LogP contribution in [0.2, 0.25) is 5.02 Å². The fourth-order valence-electron chi connectivity index (χ4n) is 4.06. The Kier molecular flexibility index (Phi) is 11.4. The molecule has 0 bridgehead atoms. The van der Waals surface area contributed by atoms with E-state index in [1.54, 1.807) is 17.0 Å². The quantitative estimate of drug-likeness (QED) is 0.371. The number of rotatable bonds is 13. The summed E-state index contributed by atoms with van der Waals surface area (Å²) in [6, 6.07) is 12.1. The van der Waals surface area contributed by atoms with Crippen molar-refractivity contribution in [1.29, 1.82) is 0 Å². The molecule has 204 valence electrons. The molecule has 2 aromatic rings. The van der Waals surface area contributed by atoms with Gasteiger partial charge in [0.1, 0.15) is 6.04 Å². The number of carbonyl (C=O) groups excluding carboxylic acids is 2. The van der Waals surface area contributed by atoms with Gasteiger partial charge >= 0.3 is 0 Å². The summed E-state index contributed by atoms with van der Waals surface area (Å²) in [7, 11) is -3.54. The lowest BCUT2D eigenvalue weighted by Gasteiger charge is -2.32. The molecule has 0 radical (unpaired) electrons. The van der Waals surface area contributed by atoms with Gasteiger partial charge in [-0.25, -0.2) is 8.42 Å². The molecule has 0 aliphatic carbocycles. The van der Waals surface area contributed by atoms with E-state index in [4.69, 9.17) is 11.6 Å². The summed E-state index contributed by atoms with van der Waals surface area (Å²) in [5.74, 6) is -0.426. The average Bonchev–Trinajstić information content (AvgIpc) is 2.83. The standard InChI is InChI=1S/C28H40ClN3O4S/c1-7-22(5)30-28(34)26(8-2)31(19-23-12-9-10-13-25(23)29)27(33)14-11-17-32(37(6,35)36)24-16-15-20(3)21(4)18-24/h9-10,12-13,15-16,18,22,26H,7-8,11,14,17,19H2,1-6H3,(H,30,34)/t22-,26-/m0/s1. The largest absolute Gasteiger partial charge is 0.352 e. The van der Waals surface area contributed by atoms with Crippen LogP contribution in [0, 0.1) is 13.8 Å². The summed E-state index contributed by atoms with van der Waals surface area (Å²) in [6.07, 6.45) is 2.78. The molecule has 0 fully saturated rings. The molecule has 7 nitrogen and oxygen atoms in total. The number of sulfonamides is 1. The molecular formula is C28H40ClN3O4S. The van der Waals surface area contributed by atoms with Gasteiger partial charge in [0.05, 0.1) is 11.9 Å². The number of amides is 2. The summed E-state index contributed by atoms with van der Waals surface area (Å²) in [5.41, 5.74) is 3.39. The molecule has 1 N–H and O–H groups in total. The molecule has 0 aliphatic rings. The summed E-state index contributed by atoms with van der Waals surface area (Å²) < 4.78 is 26.4. The number of nitrogens with zero attached hydrogens (tertiary/aromatic N) is 2. The zero-order valence-corrected chi connectivity index (χ0v) is 24.3. The first kappa shape index (κ1) is 30.6. The van der Waals surface area contributed by atoms with Crippen LogP contribution in [0.15, 0.2) is 42.5 Å². The van der Waals surface area contributed by atoms with Crippen LogP contribution in [0.1, 0.15) is 63.1 Å². The van der Waals surface area contributed by atoms with Gasteiger partial charge in [-0.3, -0.25) is 13.9 Å². The van der Waals surface area contributed by atoms with Crippen molar-refractivity contribution in [2.24, 2.45) is 0 Å². The lowest BCUT2D eigenvalue weighted by atomic mass is 10.1. The topological polar surface area (TPSA) is 86.8 Å². The predicted octanol–water partition coefficient (Wildman–Crippen LogP) is 5.23. The normalized spacial score (nSPS) is 13.1. The van der Waals surface area contributed by atoms with Crippen LogP contribution >= 0.6 is 11.6 Å². The van der Waals surface area contributed by atoms with Gasteiger partial charge in [0, 0.05) is 30.6 Å². The van der Waals surface area contributed by atoms with Gasteiger partial charge in [-0.2, -0.15) is 0 Å². The van der Waals surface area contributed by atoms with Crippen molar-refractivity contribution in [3.05, 3.63) is 64.2 Å². The van der Waals surface area contributed by atoms with E-state index in [0.717, 1.165) is 23.1 Å². The number of halogens is 1. The van der Waals surface area contributed by atoms with E-state index in [2.05, 4.69) is 5.32 Å². The van der Waals surface area contributed by atoms with Crippen molar-refractivity contribution >= 4 is 39.1 Å². The van der Waals surface area contributed by atoms with Crippen LogP contribution in [0.5, 0.6) is 0 Å². The van der Waals surface area contributed by atoms with E-state index in [-0.39, 0.29) is 37.4 Å². The third kappa shape index (κ3) is 8.75. The molecule has 0 aromatic heterocycles. The van der Waals surface area contributed by atoms with Gasteiger partial charge in [0.25, 0.3) is 0 Å². The zero-order chi connectivity index (χ0) is 27.8. The van der Waals surface area contributed by atoms with Crippen LogP contribution in [0.3, 0.4) is 0 Å². The minimum absolute atomic E-state index is 0.0138. The summed E-state index contributed by atoms with van der Waals surface area (Å²) in [5, 5.41) is 3.51. The Labute approximate surface area is 227 Å². The van der Waals surface area contributed by atoms with Gasteiger partial charge in [0.15, 0.2) is 0 Å². The highest BCUT2D eigenvalue weighted by Gasteiger charge is 2.30. The van der Waals surface area contributed by atoms with Gasteiger partial charge in [0.2, 0.25) is 21.8 Å². The highest BCUT2D eigenvalue weighted by atomic mass is 35.5. The maximum atomic E-state index is 13.5. The Morgan fingerprint density at radius 1 is 1.03 bits per heavy atom. The SMILES string of the molecule is CC[C@H](C)NC(=O)[C@H](CC)N(Cc1ccccc1Cl)C(=O)CCCN(c1ccc(C)c(C)c1)S(C)(=O)=O. The van der Waals surface area contributed by atoms with Gasteiger partial charge in [-0.1, -0.05) is 49.7 Å². The fourth-order valence-corrected chi connectivity index (χ4v) is 5.21. The van der Waals surface area contributed by atoms with E-state index < -0.39 is 16.1 Å². The minimum Gasteiger partial charge on any atom is -0.352 e. The summed E-state index contributed by atoms with van der Waals surface area (Å²) in [4.78, 5) is 28.2. The first-order valence-electron chi connectivity index (χ1n) is 12.8. The van der Waals surface area contributed by atoms with Crippen LogP contribution in [-0.2, 0) is 26.2 Å². The molecule has 2 aromatic carbocycles. The molecule has 2 atom stereocenters. The van der Waals surface area contributed by atoms with Gasteiger partial charge in [-0.05, 0) is 74.9 Å². The van der Waals surface area contributed by atoms with Crippen LogP contribution in [0.4, 0.5) is 5.69 Å². The van der Waals surface area contributed by atoms with Crippen LogP contribution in [0.25, 0.3) is 0 Å². The van der Waals surface area contributed by atoms with E-state index in [1.165, 1.54) is 10.6 Å². The summed E-state index contributed by atoms with van der Waals surface area (Å²) >= 11 is 6.38. The van der Waals surface area contributed by atoms with Crippen molar-refractivity contribution in [3.63, 3.8) is 0 Å². The minimum atomic E-state index is -3.54. The van der Waals surface area contributed by atoms with Crippen molar-refractivity contribution in [2.75, 3.05) is 17.1 Å². The second kappa shape index (κ2) is 13.8. The van der Waals surface area contributed by atoms with Crippen molar-refractivity contribution in [2.45, 2.75) is 78.9 Å². The van der Waals surface area contributed by atoms with E-state index in [0.29, 0.717) is 23.6 Å². The van der Waals surface area contributed by atoms with E-state index >= 15 is 0 Å². The second-order valence-corrected chi connectivity index (χ2v) is 11.9. The number of hydrogen-bond donors (Lipinski definition) is 1. The lowest BCUT2D eigenvalue weighted by Crippen LogP contribution is -2.50. The Morgan fingerprint density at radius 2 is 1.70 bits per heavy atom. The van der Waals surface area contributed by atoms with Crippen molar-refractivity contribution in [1.82, 2.24) is 10.2 Å². The molecule has 0 saturated carbocycles. The smallest absolute Gasteiger partial charge is 0.243 e. The number of nitrogens with one attached hydrogen (secondary N) is 1. The monoisotopic (exact) mass is 549 g/mol. The number of anilines is 1. The third-order valence-electron chi connectivity index (χ3n) is 6.62. The molecule has 2 rings (SSSR count). The lowest BCUT2D eigenvalue weighted by molar-refractivity contribution is -0.141. The first-order valence-corrected chi connectivity index (χ1v) is 15.0. The van der Waals surface area contributed by atoms with Crippen molar-refractivity contribution < 1.29 is 18.0 Å². The Balaban J connectivity index is 2.25. The van der Waals surface area contributed by atoms with Crippen LogP contribution < -0.4 is 9.62 Å². The number of benzene rings is 2. The molecule has 0 spiro atoms. The third-order valence-corrected chi connectivity index (χ3v) is 8.18. The first-order chi connectivity index (χ1) is 17.4. The Morgan fingerprint density at radius 3 is 2.27 bits per heavy atom. The van der Waals surface area contributed by atoms with Gasteiger partial charge < -0.3 is 10.2 Å². The number of aryl methyl sites for hydroxylation is 2. The molecule has 0 aliphatic heterocycles. The maximum absolute atomic E-state index is 13.5. The Bertz CT molecular complexity index is 1190. The number of hydrogen-bond acceptors (Lipinski definition) is 4. The Hall–Kier alpha value is -2.58. The van der Waals surface area contributed by atoms with E-state index in [9.17, 15) is 18.0 Å². The molecule has 9 heteroatoms.